The first kappa shape index (κ1) is 16.1. The van der Waals surface area contributed by atoms with Crippen LogP contribution < -0.4 is 10.5 Å². The van der Waals surface area contributed by atoms with Crippen molar-refractivity contribution in [1.82, 2.24) is 4.98 Å². The van der Waals surface area contributed by atoms with Crippen LogP contribution in [0.5, 0.6) is 5.75 Å². The number of aromatic nitrogens is 1. The van der Waals surface area contributed by atoms with Crippen molar-refractivity contribution in [3.8, 4) is 5.75 Å². The SMILES string of the molecule is CCC(N)C(Sc1ccc(Cl)cn1)c1ccc(OC)cc1. The molecule has 0 saturated heterocycles. The monoisotopic (exact) mass is 322 g/mol. The van der Waals surface area contributed by atoms with E-state index in [0.29, 0.717) is 5.02 Å². The lowest BCUT2D eigenvalue weighted by Gasteiger charge is -2.22. The maximum Gasteiger partial charge on any atom is 0.118 e. The van der Waals surface area contributed by atoms with Crippen LogP contribution in [0.1, 0.15) is 24.2 Å². The summed E-state index contributed by atoms with van der Waals surface area (Å²) in [6, 6.07) is 11.9. The van der Waals surface area contributed by atoms with Crippen LogP contribution in [0.2, 0.25) is 5.02 Å². The van der Waals surface area contributed by atoms with Crippen LogP contribution in [0.3, 0.4) is 0 Å². The van der Waals surface area contributed by atoms with Crippen LogP contribution in [0.15, 0.2) is 47.6 Å². The molecule has 0 amide bonds. The zero-order chi connectivity index (χ0) is 15.2. The molecule has 0 bridgehead atoms. The number of halogens is 1. The smallest absolute Gasteiger partial charge is 0.118 e. The highest BCUT2D eigenvalue weighted by molar-refractivity contribution is 7.99. The van der Waals surface area contributed by atoms with Gasteiger partial charge in [0.1, 0.15) is 5.75 Å². The normalized spacial score (nSPS) is 13.7. The lowest BCUT2D eigenvalue weighted by Crippen LogP contribution is -2.25. The van der Waals surface area contributed by atoms with Gasteiger partial charge in [-0.2, -0.15) is 0 Å². The highest BCUT2D eigenvalue weighted by Gasteiger charge is 2.20. The van der Waals surface area contributed by atoms with Crippen molar-refractivity contribution in [2.75, 3.05) is 7.11 Å². The average molecular weight is 323 g/mol. The molecule has 1 aromatic heterocycles. The maximum absolute atomic E-state index is 6.29. The molecule has 0 saturated carbocycles. The second-order valence-corrected chi connectivity index (χ2v) is 6.30. The third-order valence-corrected chi connectivity index (χ3v) is 4.83. The van der Waals surface area contributed by atoms with E-state index in [9.17, 15) is 0 Å². The summed E-state index contributed by atoms with van der Waals surface area (Å²) in [5.41, 5.74) is 7.46. The van der Waals surface area contributed by atoms with E-state index in [1.165, 1.54) is 5.56 Å². The van der Waals surface area contributed by atoms with Gasteiger partial charge in [0.25, 0.3) is 0 Å². The number of thioether (sulfide) groups is 1. The van der Waals surface area contributed by atoms with Gasteiger partial charge in [0.05, 0.1) is 22.4 Å². The van der Waals surface area contributed by atoms with E-state index >= 15 is 0 Å². The molecular formula is C16H19ClN2OS. The summed E-state index contributed by atoms with van der Waals surface area (Å²) in [6.07, 6.45) is 2.56. The highest BCUT2D eigenvalue weighted by Crippen LogP contribution is 2.37. The van der Waals surface area contributed by atoms with Crippen LogP contribution in [0, 0.1) is 0 Å². The zero-order valence-corrected chi connectivity index (χ0v) is 13.7. The van der Waals surface area contributed by atoms with Gasteiger partial charge in [-0.05, 0) is 36.2 Å². The molecule has 3 nitrogen and oxygen atoms in total. The lowest BCUT2D eigenvalue weighted by molar-refractivity contribution is 0.414. The second-order valence-electron chi connectivity index (χ2n) is 4.70. The van der Waals surface area contributed by atoms with Gasteiger partial charge in [0.15, 0.2) is 0 Å². The van der Waals surface area contributed by atoms with E-state index in [4.69, 9.17) is 22.1 Å². The molecule has 112 valence electrons. The van der Waals surface area contributed by atoms with Gasteiger partial charge in [0, 0.05) is 12.2 Å². The summed E-state index contributed by atoms with van der Waals surface area (Å²) in [5, 5.41) is 1.71. The third kappa shape index (κ3) is 4.37. The first-order valence-electron chi connectivity index (χ1n) is 6.81. The number of benzene rings is 1. The van der Waals surface area contributed by atoms with Crippen LogP contribution in [-0.4, -0.2) is 18.1 Å². The molecule has 0 fully saturated rings. The summed E-state index contributed by atoms with van der Waals surface area (Å²) in [4.78, 5) is 4.34. The average Bonchev–Trinajstić information content (AvgIpc) is 2.54. The van der Waals surface area contributed by atoms with Gasteiger partial charge < -0.3 is 10.5 Å². The molecular weight excluding hydrogens is 304 g/mol. The molecule has 1 aromatic carbocycles. The quantitative estimate of drug-likeness (QED) is 0.805. The number of rotatable bonds is 6. The standard InChI is InChI=1S/C16H19ClN2OS/c1-3-14(18)16(11-4-7-13(20-2)8-5-11)21-15-9-6-12(17)10-19-15/h4-10,14,16H,3,18H2,1-2H3. The Labute approximate surface area is 134 Å². The van der Waals surface area contributed by atoms with Crippen molar-refractivity contribution in [3.05, 3.63) is 53.2 Å². The molecule has 21 heavy (non-hydrogen) atoms. The Balaban J connectivity index is 2.22. The van der Waals surface area contributed by atoms with E-state index in [0.717, 1.165) is 17.2 Å². The molecule has 0 aliphatic heterocycles. The molecule has 0 spiro atoms. The molecule has 2 aromatic rings. The van der Waals surface area contributed by atoms with E-state index < -0.39 is 0 Å². The molecule has 0 aliphatic rings. The summed E-state index contributed by atoms with van der Waals surface area (Å²) >= 11 is 7.54. The Hall–Kier alpha value is -1.23. The fourth-order valence-electron chi connectivity index (χ4n) is 1.97. The topological polar surface area (TPSA) is 48.1 Å². The van der Waals surface area contributed by atoms with Crippen LogP contribution in [-0.2, 0) is 0 Å². The molecule has 5 heteroatoms. The predicted octanol–water partition coefficient (Wildman–Crippen LogP) is 4.31. The molecule has 0 aliphatic carbocycles. The Morgan fingerprint density at radius 2 is 1.95 bits per heavy atom. The molecule has 0 radical (unpaired) electrons. The second kappa shape index (κ2) is 7.69. The number of ether oxygens (including phenoxy) is 1. The van der Waals surface area contributed by atoms with E-state index in [2.05, 4.69) is 24.0 Å². The van der Waals surface area contributed by atoms with E-state index in [-0.39, 0.29) is 11.3 Å². The van der Waals surface area contributed by atoms with Gasteiger partial charge in [-0.25, -0.2) is 4.98 Å². The van der Waals surface area contributed by atoms with Crippen molar-refractivity contribution < 1.29 is 4.74 Å². The third-order valence-electron chi connectivity index (χ3n) is 3.25. The fourth-order valence-corrected chi connectivity index (χ4v) is 3.26. The minimum absolute atomic E-state index is 0.0564. The van der Waals surface area contributed by atoms with Crippen molar-refractivity contribution in [1.29, 1.82) is 0 Å². The molecule has 2 atom stereocenters. The van der Waals surface area contributed by atoms with Gasteiger partial charge in [-0.3, -0.25) is 0 Å². The van der Waals surface area contributed by atoms with Gasteiger partial charge in [-0.15, -0.1) is 0 Å². The zero-order valence-electron chi connectivity index (χ0n) is 12.1. The molecule has 2 N–H and O–H groups in total. The number of methoxy groups -OCH3 is 1. The van der Waals surface area contributed by atoms with Gasteiger partial charge >= 0.3 is 0 Å². The number of pyridine rings is 1. The molecule has 2 rings (SSSR count). The summed E-state index contributed by atoms with van der Waals surface area (Å²) in [7, 11) is 1.66. The van der Waals surface area contributed by atoms with Crippen molar-refractivity contribution in [2.24, 2.45) is 5.73 Å². The van der Waals surface area contributed by atoms with Crippen molar-refractivity contribution >= 4 is 23.4 Å². The Kier molecular flexibility index (Phi) is 5.91. The number of hydrogen-bond acceptors (Lipinski definition) is 4. The van der Waals surface area contributed by atoms with E-state index in [1.807, 2.05) is 24.3 Å². The summed E-state index contributed by atoms with van der Waals surface area (Å²) in [5.74, 6) is 0.845. The minimum atomic E-state index is 0.0564. The largest absolute Gasteiger partial charge is 0.497 e. The highest BCUT2D eigenvalue weighted by atomic mass is 35.5. The Bertz CT molecular complexity index is 559. The predicted molar refractivity (Wildman–Crippen MR) is 89.1 cm³/mol. The van der Waals surface area contributed by atoms with Gasteiger partial charge in [0.2, 0.25) is 0 Å². The van der Waals surface area contributed by atoms with Crippen molar-refractivity contribution in [2.45, 2.75) is 29.7 Å². The first-order valence-corrected chi connectivity index (χ1v) is 8.07. The molecule has 2 unspecified atom stereocenters. The fraction of sp³-hybridized carbons (Fsp3) is 0.312. The number of nitrogens with zero attached hydrogens (tertiary/aromatic N) is 1. The lowest BCUT2D eigenvalue weighted by atomic mass is 10.0. The number of hydrogen-bond donors (Lipinski definition) is 1. The first-order chi connectivity index (χ1) is 10.1. The summed E-state index contributed by atoms with van der Waals surface area (Å²) < 4.78 is 5.20. The summed E-state index contributed by atoms with van der Waals surface area (Å²) in [6.45, 7) is 2.09. The van der Waals surface area contributed by atoms with E-state index in [1.54, 1.807) is 25.1 Å². The van der Waals surface area contributed by atoms with Crippen LogP contribution in [0.4, 0.5) is 0 Å². The minimum Gasteiger partial charge on any atom is -0.497 e. The Morgan fingerprint density at radius 1 is 1.24 bits per heavy atom. The maximum atomic E-state index is 6.29. The Morgan fingerprint density at radius 3 is 2.48 bits per heavy atom. The van der Waals surface area contributed by atoms with Gasteiger partial charge in [-0.1, -0.05) is 42.4 Å². The van der Waals surface area contributed by atoms with Crippen molar-refractivity contribution in [3.63, 3.8) is 0 Å². The van der Waals surface area contributed by atoms with Crippen LogP contribution in [0.25, 0.3) is 0 Å². The van der Waals surface area contributed by atoms with Crippen LogP contribution >= 0.6 is 23.4 Å². The number of nitrogens with two attached hydrogens (primary N) is 1. The molecule has 1 heterocycles.